The number of hydrogen-bond acceptors (Lipinski definition) is 10. The number of rotatable bonds is 8. The first-order valence-electron chi connectivity index (χ1n) is 4.85. The number of nitrogens with two attached hydrogens (primary N) is 2. The molecule has 0 bridgehead atoms. The van der Waals surface area contributed by atoms with E-state index in [-0.39, 0.29) is 55.6 Å². The van der Waals surface area contributed by atoms with Crippen LogP contribution < -0.4 is 60.6 Å². The van der Waals surface area contributed by atoms with Gasteiger partial charge in [-0.05, 0) is 12.8 Å². The summed E-state index contributed by atoms with van der Waals surface area (Å²) in [6.45, 7) is 0.491. The van der Waals surface area contributed by atoms with Crippen LogP contribution in [0.15, 0.2) is 0 Å². The summed E-state index contributed by atoms with van der Waals surface area (Å²) in [5, 5.41) is 0. The monoisotopic (exact) mass is 329 g/mol. The first-order valence-corrected chi connectivity index (χ1v) is 7.78. The normalized spacial score (nSPS) is 11.3. The topological polar surface area (TPSA) is 197 Å². The maximum Gasteiger partial charge on any atom is 1.00 e. The predicted octanol–water partition coefficient (Wildman–Crippen LogP) is -6.63. The van der Waals surface area contributed by atoms with Gasteiger partial charge in [0.2, 0.25) is 0 Å². The van der Waals surface area contributed by atoms with Gasteiger partial charge in [0.05, 0.1) is 28.9 Å². The Bertz CT molecular complexity index is 254. The molecule has 112 valence electrons. The fraction of sp³-hybridized carbons (Fsp3) is 1.00. The molecule has 0 aromatic heterocycles. The molecule has 19 heavy (non-hydrogen) atoms. The molecule has 13 heteroatoms. The summed E-state index contributed by atoms with van der Waals surface area (Å²) in [6, 6.07) is 0. The molecule has 0 aromatic carbocycles. The molecule has 0 spiro atoms. The molecule has 0 radical (unpaired) electrons. The Labute approximate surface area is 133 Å². The van der Waals surface area contributed by atoms with Gasteiger partial charge in [-0.25, -0.2) is 0 Å². The van der Waals surface area contributed by atoms with E-state index in [1.54, 1.807) is 0 Å². The van der Waals surface area contributed by atoms with E-state index in [1.165, 1.54) is 0 Å². The molecule has 4 N–H and O–H groups in total. The summed E-state index contributed by atoms with van der Waals surface area (Å²) in [4.78, 5) is 39.6. The van der Waals surface area contributed by atoms with Crippen LogP contribution in [0.3, 0.4) is 0 Å². The molecule has 0 amide bonds. The Morgan fingerprint density at radius 2 is 1.05 bits per heavy atom. The molecular weight excluding hydrogens is 313 g/mol. The average molecular weight is 329 g/mol. The first-order chi connectivity index (χ1) is 8.12. The summed E-state index contributed by atoms with van der Waals surface area (Å²) in [5.41, 5.74) is 9.81. The van der Waals surface area contributed by atoms with Crippen LogP contribution >= 0.6 is 15.6 Å². The van der Waals surface area contributed by atoms with Gasteiger partial charge in [0.1, 0.15) is 0 Å². The van der Waals surface area contributed by atoms with E-state index < -0.39 is 15.6 Å². The predicted molar refractivity (Wildman–Crippen MR) is 54.5 cm³/mol. The fourth-order valence-corrected chi connectivity index (χ4v) is 1.26. The van der Waals surface area contributed by atoms with Crippen molar-refractivity contribution in [3.8, 4) is 0 Å². The second kappa shape index (κ2) is 14.1. The zero-order valence-corrected chi connectivity index (χ0v) is 14.3. The Morgan fingerprint density at radius 3 is 1.21 bits per heavy atom. The maximum absolute atomic E-state index is 9.90. The van der Waals surface area contributed by atoms with Crippen LogP contribution in [-0.4, -0.2) is 26.3 Å². The van der Waals surface area contributed by atoms with Gasteiger partial charge in [-0.3, -0.25) is 0 Å². The molecule has 0 aliphatic rings. The zero-order chi connectivity index (χ0) is 14.7. The molecule has 0 fully saturated rings. The number of phosphoric acid groups is 2. The minimum Gasteiger partial charge on any atom is -0.790 e. The van der Waals surface area contributed by atoms with E-state index in [9.17, 15) is 28.7 Å². The molecule has 0 unspecified atom stereocenters. The largest absolute Gasteiger partial charge is 1.00 e. The quantitative estimate of drug-likeness (QED) is 0.245. The van der Waals surface area contributed by atoms with Crippen molar-refractivity contribution in [2.24, 2.45) is 11.5 Å². The van der Waals surface area contributed by atoms with E-state index in [0.717, 1.165) is 0 Å². The Kier molecular flexibility index (Phi) is 18.6. The third-order valence-corrected chi connectivity index (χ3v) is 2.20. The molecule has 0 aromatic rings. The van der Waals surface area contributed by atoms with Crippen LogP contribution in [-0.2, 0) is 18.2 Å². The molecule has 0 heterocycles. The molecule has 0 saturated heterocycles. The molecule has 0 aliphatic carbocycles. The molecule has 0 rings (SSSR count). The van der Waals surface area contributed by atoms with Crippen LogP contribution in [0.1, 0.15) is 12.8 Å². The molecule has 0 saturated carbocycles. The molecular formula is C6H16N2NaO8P2-3. The van der Waals surface area contributed by atoms with Gasteiger partial charge in [0.15, 0.2) is 0 Å². The molecule has 0 atom stereocenters. The second-order valence-corrected chi connectivity index (χ2v) is 5.15. The summed E-state index contributed by atoms with van der Waals surface area (Å²) >= 11 is 0. The standard InChI is InChI=1S/C4H12O8P2.C2H8N2.Na/c5-13(6,7)11-3-1-2-4-12-14(8,9)10;3-1-2-4;/h1-4H2,(H2,5,6,7)(H2,8,9,10);1-4H2;/q;;+1/p-4. The SMILES string of the molecule is NCCN.O=P([O-])([O-])OCCCCOP(=O)([O-])[O-].[Na+]. The number of hydrogen-bond donors (Lipinski definition) is 2. The second-order valence-electron chi connectivity index (χ2n) is 2.85. The van der Waals surface area contributed by atoms with Crippen LogP contribution in [0.2, 0.25) is 0 Å². The van der Waals surface area contributed by atoms with Gasteiger partial charge in [-0.2, -0.15) is 0 Å². The van der Waals surface area contributed by atoms with Crippen molar-refractivity contribution in [2.45, 2.75) is 12.8 Å². The van der Waals surface area contributed by atoms with Gasteiger partial charge in [0, 0.05) is 13.1 Å². The Hall–Kier alpha value is 1.14. The van der Waals surface area contributed by atoms with Crippen molar-refractivity contribution >= 4 is 15.6 Å². The Balaban J connectivity index is -0.000000448. The maximum atomic E-state index is 9.90. The van der Waals surface area contributed by atoms with Crippen LogP contribution in [0.5, 0.6) is 0 Å². The van der Waals surface area contributed by atoms with Crippen molar-refractivity contribution in [1.29, 1.82) is 0 Å². The number of phosphoric ester groups is 2. The first kappa shape index (κ1) is 25.1. The van der Waals surface area contributed by atoms with Gasteiger partial charge in [-0.1, -0.05) is 0 Å². The van der Waals surface area contributed by atoms with Gasteiger partial charge < -0.3 is 49.2 Å². The number of unbranched alkanes of at least 4 members (excludes halogenated alkanes) is 1. The zero-order valence-electron chi connectivity index (χ0n) is 10.6. The van der Waals surface area contributed by atoms with Gasteiger partial charge in [-0.15, -0.1) is 0 Å². The van der Waals surface area contributed by atoms with Crippen LogP contribution in [0.4, 0.5) is 0 Å². The van der Waals surface area contributed by atoms with Gasteiger partial charge in [0.25, 0.3) is 0 Å². The molecule has 10 nitrogen and oxygen atoms in total. The summed E-state index contributed by atoms with van der Waals surface area (Å²) in [6.07, 6.45) is 0.211. The van der Waals surface area contributed by atoms with E-state index in [4.69, 9.17) is 11.5 Å². The van der Waals surface area contributed by atoms with E-state index in [2.05, 4.69) is 9.05 Å². The summed E-state index contributed by atoms with van der Waals surface area (Å²) in [5.74, 6) is 0. The van der Waals surface area contributed by atoms with Crippen molar-refractivity contribution in [3.63, 3.8) is 0 Å². The van der Waals surface area contributed by atoms with Crippen molar-refractivity contribution in [1.82, 2.24) is 0 Å². The van der Waals surface area contributed by atoms with Crippen LogP contribution in [0.25, 0.3) is 0 Å². The Morgan fingerprint density at radius 1 is 0.789 bits per heavy atom. The fourth-order valence-electron chi connectivity index (χ4n) is 0.557. The minimum atomic E-state index is -4.97. The van der Waals surface area contributed by atoms with E-state index in [1.807, 2.05) is 0 Å². The van der Waals surface area contributed by atoms with Crippen molar-refractivity contribution in [3.05, 3.63) is 0 Å². The minimum absolute atomic E-state index is 0. The summed E-state index contributed by atoms with van der Waals surface area (Å²) in [7, 11) is -9.93. The van der Waals surface area contributed by atoms with Crippen molar-refractivity contribution in [2.75, 3.05) is 26.3 Å². The molecule has 0 aliphatic heterocycles. The average Bonchev–Trinajstić information content (AvgIpc) is 2.20. The third kappa shape index (κ3) is 32.6. The van der Waals surface area contributed by atoms with E-state index >= 15 is 0 Å². The van der Waals surface area contributed by atoms with E-state index in [0.29, 0.717) is 13.1 Å². The van der Waals surface area contributed by atoms with Crippen LogP contribution in [0, 0.1) is 0 Å². The summed E-state index contributed by atoms with van der Waals surface area (Å²) < 4.78 is 27.4. The van der Waals surface area contributed by atoms with Gasteiger partial charge >= 0.3 is 29.6 Å². The third-order valence-electron chi connectivity index (χ3n) is 1.20. The van der Waals surface area contributed by atoms with Crippen molar-refractivity contribution < 1.29 is 67.3 Å². The smallest absolute Gasteiger partial charge is 0.790 e.